The van der Waals surface area contributed by atoms with Crippen LogP contribution in [0.1, 0.15) is 17.2 Å². The zero-order valence-corrected chi connectivity index (χ0v) is 10.9. The maximum Gasteiger partial charge on any atom is 0.416 e. The highest BCUT2D eigenvalue weighted by molar-refractivity contribution is 5.98. The summed E-state index contributed by atoms with van der Waals surface area (Å²) in [6.07, 6.45) is -4.55. The van der Waals surface area contributed by atoms with E-state index in [1.165, 1.54) is 18.2 Å². The normalized spacial score (nSPS) is 18.0. The number of benzene rings is 1. The van der Waals surface area contributed by atoms with Crippen LogP contribution in [-0.4, -0.2) is 36.5 Å². The van der Waals surface area contributed by atoms with Crippen molar-refractivity contribution in [1.82, 2.24) is 4.90 Å². The van der Waals surface area contributed by atoms with Crippen LogP contribution >= 0.6 is 0 Å². The number of halogens is 3. The number of imide groups is 1. The number of nitrogens with two attached hydrogens (primary N) is 1. The lowest BCUT2D eigenvalue weighted by Gasteiger charge is -2.28. The molecule has 1 heterocycles. The van der Waals surface area contributed by atoms with E-state index in [1.807, 2.05) is 0 Å². The van der Waals surface area contributed by atoms with Gasteiger partial charge in [0.25, 0.3) is 11.8 Å². The fourth-order valence-electron chi connectivity index (χ4n) is 2.10. The summed E-state index contributed by atoms with van der Waals surface area (Å²) >= 11 is 0. The summed E-state index contributed by atoms with van der Waals surface area (Å²) in [5.41, 5.74) is 4.74. The number of ether oxygens (including phenoxy) is 1. The molecule has 1 aliphatic heterocycles. The first-order chi connectivity index (χ1) is 9.80. The number of nitrogens with zero attached hydrogens (tertiary/aromatic N) is 1. The van der Waals surface area contributed by atoms with Gasteiger partial charge in [-0.15, -0.1) is 0 Å². The Morgan fingerprint density at radius 3 is 2.33 bits per heavy atom. The third-order valence-electron chi connectivity index (χ3n) is 3.10. The second kappa shape index (κ2) is 5.82. The Hall–Kier alpha value is -1.93. The summed E-state index contributed by atoms with van der Waals surface area (Å²) in [5.74, 6) is -1.21. The average Bonchev–Trinajstić information content (AvgIpc) is 2.42. The second-order valence-corrected chi connectivity index (χ2v) is 4.58. The van der Waals surface area contributed by atoms with Crippen LogP contribution in [-0.2, 0) is 20.5 Å². The Balaban J connectivity index is 2.23. The summed E-state index contributed by atoms with van der Waals surface area (Å²) in [6.45, 7) is -0.868. The first kappa shape index (κ1) is 15.5. The van der Waals surface area contributed by atoms with Crippen molar-refractivity contribution in [1.29, 1.82) is 0 Å². The molecule has 0 radical (unpaired) electrons. The molecule has 114 valence electrons. The van der Waals surface area contributed by atoms with Crippen molar-refractivity contribution < 1.29 is 27.5 Å². The van der Waals surface area contributed by atoms with Gasteiger partial charge in [-0.05, 0) is 11.6 Å². The lowest BCUT2D eigenvalue weighted by atomic mass is 10.00. The van der Waals surface area contributed by atoms with E-state index in [0.29, 0.717) is 0 Å². The van der Waals surface area contributed by atoms with E-state index in [1.54, 1.807) is 0 Å². The number of hydrogen-bond acceptors (Lipinski definition) is 4. The van der Waals surface area contributed by atoms with Crippen LogP contribution in [0.3, 0.4) is 0 Å². The number of rotatable bonds is 3. The van der Waals surface area contributed by atoms with Gasteiger partial charge in [-0.25, -0.2) is 0 Å². The van der Waals surface area contributed by atoms with Crippen LogP contribution in [0.15, 0.2) is 24.3 Å². The lowest BCUT2D eigenvalue weighted by molar-refractivity contribution is -0.158. The van der Waals surface area contributed by atoms with E-state index in [9.17, 15) is 22.8 Å². The SMILES string of the molecule is NC(CN1C(=O)COCC1=O)c1ccccc1C(F)(F)F. The number of carbonyl (C=O) groups excluding carboxylic acids is 2. The Bertz CT molecular complexity index is 544. The first-order valence-electron chi connectivity index (χ1n) is 6.13. The monoisotopic (exact) mass is 302 g/mol. The molecule has 1 aromatic rings. The molecule has 2 N–H and O–H groups in total. The molecule has 1 aromatic carbocycles. The number of alkyl halides is 3. The summed E-state index contributed by atoms with van der Waals surface area (Å²) in [7, 11) is 0. The quantitative estimate of drug-likeness (QED) is 0.848. The van der Waals surface area contributed by atoms with Gasteiger partial charge >= 0.3 is 6.18 Å². The highest BCUT2D eigenvalue weighted by Crippen LogP contribution is 2.34. The van der Waals surface area contributed by atoms with Crippen LogP contribution in [0.2, 0.25) is 0 Å². The topological polar surface area (TPSA) is 72.6 Å². The van der Waals surface area contributed by atoms with E-state index in [-0.39, 0.29) is 25.3 Å². The minimum absolute atomic E-state index is 0.155. The molecule has 5 nitrogen and oxygen atoms in total. The molecule has 1 atom stereocenters. The van der Waals surface area contributed by atoms with E-state index >= 15 is 0 Å². The van der Waals surface area contributed by atoms with E-state index in [0.717, 1.165) is 11.0 Å². The Morgan fingerprint density at radius 1 is 1.19 bits per heavy atom. The van der Waals surface area contributed by atoms with Crippen molar-refractivity contribution in [2.75, 3.05) is 19.8 Å². The Kier molecular flexibility index (Phi) is 4.29. The van der Waals surface area contributed by atoms with Crippen LogP contribution in [0.4, 0.5) is 13.2 Å². The van der Waals surface area contributed by atoms with Crippen molar-refractivity contribution in [3.05, 3.63) is 35.4 Å². The minimum Gasteiger partial charge on any atom is -0.362 e. The van der Waals surface area contributed by atoms with Gasteiger partial charge in [0.1, 0.15) is 13.2 Å². The van der Waals surface area contributed by atoms with Crippen LogP contribution in [0, 0.1) is 0 Å². The molecular weight excluding hydrogens is 289 g/mol. The largest absolute Gasteiger partial charge is 0.416 e. The summed E-state index contributed by atoms with van der Waals surface area (Å²) in [4.78, 5) is 23.9. The molecule has 1 aliphatic rings. The lowest BCUT2D eigenvalue weighted by Crippen LogP contribution is -2.49. The molecule has 0 aromatic heterocycles. The van der Waals surface area contributed by atoms with Crippen LogP contribution in [0.25, 0.3) is 0 Å². The van der Waals surface area contributed by atoms with Crippen molar-refractivity contribution in [3.63, 3.8) is 0 Å². The number of morpholine rings is 1. The molecule has 1 fully saturated rings. The zero-order valence-electron chi connectivity index (χ0n) is 10.9. The van der Waals surface area contributed by atoms with Gasteiger partial charge in [0, 0.05) is 12.6 Å². The summed E-state index contributed by atoms with van der Waals surface area (Å²) < 4.78 is 43.5. The van der Waals surface area contributed by atoms with E-state index < -0.39 is 29.6 Å². The molecule has 2 amide bonds. The second-order valence-electron chi connectivity index (χ2n) is 4.58. The number of carbonyl (C=O) groups is 2. The van der Waals surface area contributed by atoms with Gasteiger partial charge in [-0.1, -0.05) is 18.2 Å². The molecule has 0 aliphatic carbocycles. The van der Waals surface area contributed by atoms with Gasteiger partial charge in [0.05, 0.1) is 5.56 Å². The molecule has 0 saturated carbocycles. The van der Waals surface area contributed by atoms with Gasteiger partial charge in [-0.3, -0.25) is 14.5 Å². The molecular formula is C13H13F3N2O3. The maximum atomic E-state index is 12.9. The minimum atomic E-state index is -4.55. The third-order valence-corrected chi connectivity index (χ3v) is 3.10. The van der Waals surface area contributed by atoms with Gasteiger partial charge in [0.2, 0.25) is 0 Å². The summed E-state index contributed by atoms with van der Waals surface area (Å²) in [5, 5.41) is 0. The van der Waals surface area contributed by atoms with E-state index in [4.69, 9.17) is 10.5 Å². The van der Waals surface area contributed by atoms with Gasteiger partial charge < -0.3 is 10.5 Å². The maximum absolute atomic E-state index is 12.9. The molecule has 8 heteroatoms. The highest BCUT2D eigenvalue weighted by atomic mass is 19.4. The summed E-state index contributed by atoms with van der Waals surface area (Å²) in [6, 6.07) is 3.72. The Morgan fingerprint density at radius 2 is 1.76 bits per heavy atom. The molecule has 0 bridgehead atoms. The molecule has 0 spiro atoms. The molecule has 1 unspecified atom stereocenters. The predicted octanol–water partition coefficient (Wildman–Crippen LogP) is 1.09. The van der Waals surface area contributed by atoms with Crippen molar-refractivity contribution in [2.45, 2.75) is 12.2 Å². The average molecular weight is 302 g/mol. The Labute approximate surface area is 118 Å². The molecule has 21 heavy (non-hydrogen) atoms. The van der Waals surface area contributed by atoms with Crippen molar-refractivity contribution in [2.24, 2.45) is 5.73 Å². The number of hydrogen-bond donors (Lipinski definition) is 1. The standard InChI is InChI=1S/C13H13F3N2O3/c14-13(15,16)9-4-2-1-3-8(9)10(17)5-18-11(19)6-21-7-12(18)20/h1-4,10H,5-7,17H2. The smallest absolute Gasteiger partial charge is 0.362 e. The van der Waals surface area contributed by atoms with Crippen LogP contribution < -0.4 is 5.73 Å². The first-order valence-corrected chi connectivity index (χ1v) is 6.13. The van der Waals surface area contributed by atoms with Crippen molar-refractivity contribution in [3.8, 4) is 0 Å². The fourth-order valence-corrected chi connectivity index (χ4v) is 2.10. The fraction of sp³-hybridized carbons (Fsp3) is 0.385. The highest BCUT2D eigenvalue weighted by Gasteiger charge is 2.36. The van der Waals surface area contributed by atoms with Crippen LogP contribution in [0.5, 0.6) is 0 Å². The zero-order chi connectivity index (χ0) is 15.6. The molecule has 2 rings (SSSR count). The third kappa shape index (κ3) is 3.40. The predicted molar refractivity (Wildman–Crippen MR) is 65.9 cm³/mol. The van der Waals surface area contributed by atoms with E-state index in [2.05, 4.69) is 0 Å². The van der Waals surface area contributed by atoms with Gasteiger partial charge in [0.15, 0.2) is 0 Å². The van der Waals surface area contributed by atoms with Crippen molar-refractivity contribution >= 4 is 11.8 Å². The molecule has 1 saturated heterocycles. The number of amides is 2. The van der Waals surface area contributed by atoms with Gasteiger partial charge in [-0.2, -0.15) is 13.2 Å².